The Labute approximate surface area is 169 Å². The predicted octanol–water partition coefficient (Wildman–Crippen LogP) is 6.82. The van der Waals surface area contributed by atoms with Gasteiger partial charge in [0.2, 0.25) is 0 Å². The maximum atomic E-state index is 12.2. The summed E-state index contributed by atoms with van der Waals surface area (Å²) in [5, 5.41) is 0.978. The summed E-state index contributed by atoms with van der Waals surface area (Å²) in [5.41, 5.74) is 0.600. The standard InChI is InChI=1S/C20H13BrCl2O3/c21-14-3-1-2-13(10-14)19(24)8-7-16-5-6-17(26-16)12-25-20-9-4-15(22)11-18(20)23/h1-11H,12H2/b8-7+. The Balaban J connectivity index is 1.61. The van der Waals surface area contributed by atoms with Crippen molar-refractivity contribution in [1.82, 2.24) is 0 Å². The summed E-state index contributed by atoms with van der Waals surface area (Å²) in [6.45, 7) is 0.217. The van der Waals surface area contributed by atoms with E-state index >= 15 is 0 Å². The molecule has 0 radical (unpaired) electrons. The van der Waals surface area contributed by atoms with E-state index in [1.807, 2.05) is 12.1 Å². The maximum absolute atomic E-state index is 12.2. The summed E-state index contributed by atoms with van der Waals surface area (Å²) in [6.07, 6.45) is 3.10. The second-order valence-corrected chi connectivity index (χ2v) is 7.13. The molecule has 3 rings (SSSR count). The number of ketones is 1. The quantitative estimate of drug-likeness (QED) is 0.304. The molecule has 0 bridgehead atoms. The first kappa shape index (κ1) is 18.8. The van der Waals surface area contributed by atoms with Crippen LogP contribution in [0, 0.1) is 0 Å². The van der Waals surface area contributed by atoms with Crippen LogP contribution in [0.15, 0.2) is 69.6 Å². The molecule has 0 N–H and O–H groups in total. The minimum Gasteiger partial charge on any atom is -0.484 e. The molecule has 26 heavy (non-hydrogen) atoms. The van der Waals surface area contributed by atoms with Crippen molar-refractivity contribution >= 4 is 51.0 Å². The lowest BCUT2D eigenvalue weighted by Gasteiger charge is -2.06. The molecule has 0 spiro atoms. The number of allylic oxidation sites excluding steroid dienone is 1. The Kier molecular flexibility index (Phi) is 6.20. The van der Waals surface area contributed by atoms with Crippen molar-refractivity contribution in [3.05, 3.63) is 92.3 Å². The average molecular weight is 452 g/mol. The molecule has 0 aliphatic carbocycles. The van der Waals surface area contributed by atoms with Gasteiger partial charge in [0, 0.05) is 15.1 Å². The van der Waals surface area contributed by atoms with Crippen molar-refractivity contribution in [3.8, 4) is 5.75 Å². The van der Waals surface area contributed by atoms with Crippen LogP contribution in [0.25, 0.3) is 6.08 Å². The third-order valence-corrected chi connectivity index (χ3v) is 4.48. The molecule has 0 saturated carbocycles. The van der Waals surface area contributed by atoms with Gasteiger partial charge in [0.25, 0.3) is 0 Å². The zero-order chi connectivity index (χ0) is 18.5. The summed E-state index contributed by atoms with van der Waals surface area (Å²) in [6, 6.07) is 15.8. The van der Waals surface area contributed by atoms with Crippen LogP contribution in [0.5, 0.6) is 5.75 Å². The van der Waals surface area contributed by atoms with Crippen molar-refractivity contribution in [2.45, 2.75) is 6.61 Å². The summed E-state index contributed by atoms with van der Waals surface area (Å²) < 4.78 is 12.1. The van der Waals surface area contributed by atoms with E-state index in [0.29, 0.717) is 32.9 Å². The van der Waals surface area contributed by atoms with Gasteiger partial charge in [-0.15, -0.1) is 0 Å². The van der Waals surface area contributed by atoms with E-state index in [1.54, 1.807) is 48.5 Å². The molecule has 0 unspecified atom stereocenters. The largest absolute Gasteiger partial charge is 0.484 e. The van der Waals surface area contributed by atoms with Gasteiger partial charge in [-0.2, -0.15) is 0 Å². The Morgan fingerprint density at radius 1 is 1.12 bits per heavy atom. The fourth-order valence-electron chi connectivity index (χ4n) is 2.20. The molecular weight excluding hydrogens is 439 g/mol. The number of hydrogen-bond donors (Lipinski definition) is 0. The number of ether oxygens (including phenoxy) is 1. The van der Waals surface area contributed by atoms with E-state index in [0.717, 1.165) is 4.47 Å². The lowest BCUT2D eigenvalue weighted by atomic mass is 10.1. The third-order valence-electron chi connectivity index (χ3n) is 3.45. The highest BCUT2D eigenvalue weighted by Gasteiger charge is 2.06. The van der Waals surface area contributed by atoms with Gasteiger partial charge < -0.3 is 9.15 Å². The van der Waals surface area contributed by atoms with Gasteiger partial charge in [-0.05, 0) is 54.6 Å². The zero-order valence-corrected chi connectivity index (χ0v) is 16.5. The third kappa shape index (κ3) is 5.01. The van der Waals surface area contributed by atoms with Crippen molar-refractivity contribution < 1.29 is 13.9 Å². The van der Waals surface area contributed by atoms with E-state index in [4.69, 9.17) is 32.4 Å². The number of carbonyl (C=O) groups is 1. The molecule has 1 heterocycles. The monoisotopic (exact) mass is 450 g/mol. The first-order valence-electron chi connectivity index (χ1n) is 7.66. The highest BCUT2D eigenvalue weighted by atomic mass is 79.9. The first-order valence-corrected chi connectivity index (χ1v) is 9.21. The Morgan fingerprint density at radius 2 is 1.96 bits per heavy atom. The topological polar surface area (TPSA) is 39.4 Å². The molecule has 3 nitrogen and oxygen atoms in total. The fourth-order valence-corrected chi connectivity index (χ4v) is 3.06. The molecule has 6 heteroatoms. The SMILES string of the molecule is O=C(/C=C/c1ccc(COc2ccc(Cl)cc2Cl)o1)c1cccc(Br)c1. The minimum absolute atomic E-state index is 0.103. The summed E-state index contributed by atoms with van der Waals surface area (Å²) in [5.74, 6) is 1.60. The molecule has 0 saturated heterocycles. The van der Waals surface area contributed by atoms with Gasteiger partial charge in [0.05, 0.1) is 5.02 Å². The Morgan fingerprint density at radius 3 is 2.73 bits per heavy atom. The van der Waals surface area contributed by atoms with Gasteiger partial charge in [0.15, 0.2) is 5.78 Å². The van der Waals surface area contributed by atoms with Crippen LogP contribution in [-0.2, 0) is 6.61 Å². The highest BCUT2D eigenvalue weighted by Crippen LogP contribution is 2.28. The lowest BCUT2D eigenvalue weighted by Crippen LogP contribution is -1.94. The summed E-state index contributed by atoms with van der Waals surface area (Å²) in [4.78, 5) is 12.2. The van der Waals surface area contributed by atoms with Crippen LogP contribution < -0.4 is 4.74 Å². The summed E-state index contributed by atoms with van der Waals surface area (Å²) >= 11 is 15.3. The van der Waals surface area contributed by atoms with Crippen molar-refractivity contribution in [3.63, 3.8) is 0 Å². The fraction of sp³-hybridized carbons (Fsp3) is 0.0500. The number of rotatable bonds is 6. The van der Waals surface area contributed by atoms with E-state index in [9.17, 15) is 4.79 Å². The van der Waals surface area contributed by atoms with E-state index in [-0.39, 0.29) is 12.4 Å². The van der Waals surface area contributed by atoms with Crippen LogP contribution in [0.2, 0.25) is 10.0 Å². The molecule has 1 aromatic heterocycles. The molecule has 0 amide bonds. The number of furan rings is 1. The molecule has 0 atom stereocenters. The predicted molar refractivity (Wildman–Crippen MR) is 107 cm³/mol. The van der Waals surface area contributed by atoms with Gasteiger partial charge >= 0.3 is 0 Å². The van der Waals surface area contributed by atoms with Crippen molar-refractivity contribution in [1.29, 1.82) is 0 Å². The van der Waals surface area contributed by atoms with Gasteiger partial charge in [0.1, 0.15) is 23.9 Å². The van der Waals surface area contributed by atoms with Crippen LogP contribution in [0.3, 0.4) is 0 Å². The van der Waals surface area contributed by atoms with E-state index in [2.05, 4.69) is 15.9 Å². The summed E-state index contributed by atoms with van der Waals surface area (Å²) in [7, 11) is 0. The smallest absolute Gasteiger partial charge is 0.186 e. The minimum atomic E-state index is -0.103. The second kappa shape index (κ2) is 8.58. The molecule has 2 aromatic carbocycles. The first-order chi connectivity index (χ1) is 12.5. The Bertz CT molecular complexity index is 963. The highest BCUT2D eigenvalue weighted by molar-refractivity contribution is 9.10. The van der Waals surface area contributed by atoms with Crippen molar-refractivity contribution in [2.24, 2.45) is 0 Å². The Hall–Kier alpha value is -2.01. The number of halogens is 3. The second-order valence-electron chi connectivity index (χ2n) is 5.38. The van der Waals surface area contributed by atoms with E-state index in [1.165, 1.54) is 6.08 Å². The van der Waals surface area contributed by atoms with Crippen LogP contribution >= 0.6 is 39.1 Å². The van der Waals surface area contributed by atoms with Crippen LogP contribution in [-0.4, -0.2) is 5.78 Å². The van der Waals surface area contributed by atoms with E-state index < -0.39 is 0 Å². The average Bonchev–Trinajstić information content (AvgIpc) is 3.07. The molecule has 132 valence electrons. The lowest BCUT2D eigenvalue weighted by molar-refractivity contribution is 0.104. The molecule has 0 aliphatic heterocycles. The number of benzene rings is 2. The molecule has 0 fully saturated rings. The normalized spacial score (nSPS) is 11.0. The molecule has 3 aromatic rings. The zero-order valence-electron chi connectivity index (χ0n) is 13.4. The maximum Gasteiger partial charge on any atom is 0.186 e. The van der Waals surface area contributed by atoms with Gasteiger partial charge in [-0.25, -0.2) is 0 Å². The molecular formula is C20H13BrCl2O3. The molecule has 0 aliphatic rings. The number of hydrogen-bond acceptors (Lipinski definition) is 3. The van der Waals surface area contributed by atoms with Crippen molar-refractivity contribution in [2.75, 3.05) is 0 Å². The van der Waals surface area contributed by atoms with Crippen LogP contribution in [0.1, 0.15) is 21.9 Å². The number of carbonyl (C=O) groups excluding carboxylic acids is 1. The van der Waals surface area contributed by atoms with Crippen LogP contribution in [0.4, 0.5) is 0 Å². The van der Waals surface area contributed by atoms with Gasteiger partial charge in [-0.3, -0.25) is 4.79 Å². The van der Waals surface area contributed by atoms with Gasteiger partial charge in [-0.1, -0.05) is 51.3 Å².